The van der Waals surface area contributed by atoms with Crippen molar-refractivity contribution in [1.82, 2.24) is 10.2 Å². The molecule has 3 rings (SSSR count). The molecule has 3 aromatic carbocycles. The maximum atomic E-state index is 14.7. The van der Waals surface area contributed by atoms with Gasteiger partial charge >= 0.3 is 0 Å². The van der Waals surface area contributed by atoms with E-state index < -0.39 is 40.2 Å². The second kappa shape index (κ2) is 13.8. The zero-order chi connectivity index (χ0) is 30.3. The first kappa shape index (κ1) is 31.9. The Morgan fingerprint density at radius 1 is 1.02 bits per heavy atom. The molecule has 1 unspecified atom stereocenters. The lowest BCUT2D eigenvalue weighted by Crippen LogP contribution is -2.51. The zero-order valence-electron chi connectivity index (χ0n) is 23.7. The van der Waals surface area contributed by atoms with Crippen molar-refractivity contribution in [3.05, 3.63) is 88.7 Å². The number of methoxy groups -OCH3 is 1. The standard InChI is InChI=1S/C30H35ClFN3O5S/c1-20(2)17-33-30(37)22(4)34(18-23-8-6-7-9-26(23)32)29(36)19-35(27-16-24(31)12-15-28(27)40-5)41(38,39)25-13-10-21(3)11-14-25/h6-16,20,22H,17-19H2,1-5H3,(H,33,37). The van der Waals surface area contributed by atoms with Crippen LogP contribution in [0.2, 0.25) is 5.02 Å². The molecular formula is C30H35ClFN3O5S. The van der Waals surface area contributed by atoms with Crippen LogP contribution >= 0.6 is 11.6 Å². The lowest BCUT2D eigenvalue weighted by Gasteiger charge is -2.32. The van der Waals surface area contributed by atoms with E-state index in [1.54, 1.807) is 18.2 Å². The number of aryl methyl sites for hydroxylation is 1. The van der Waals surface area contributed by atoms with E-state index in [2.05, 4.69) is 5.32 Å². The fraction of sp³-hybridized carbons (Fsp3) is 0.333. The van der Waals surface area contributed by atoms with Crippen LogP contribution in [0.15, 0.2) is 71.6 Å². The first-order valence-electron chi connectivity index (χ1n) is 13.1. The number of nitrogens with one attached hydrogen (secondary N) is 1. The monoisotopic (exact) mass is 603 g/mol. The number of halogens is 2. The summed E-state index contributed by atoms with van der Waals surface area (Å²) in [6.07, 6.45) is 0. The highest BCUT2D eigenvalue weighted by Gasteiger charge is 2.34. The summed E-state index contributed by atoms with van der Waals surface area (Å²) in [5.41, 5.74) is 1.07. The fourth-order valence-corrected chi connectivity index (χ4v) is 5.64. The van der Waals surface area contributed by atoms with Crippen molar-refractivity contribution in [2.75, 3.05) is 24.5 Å². The third-order valence-electron chi connectivity index (χ3n) is 6.45. The van der Waals surface area contributed by atoms with Crippen LogP contribution in [-0.4, -0.2) is 51.4 Å². The molecule has 2 amide bonds. The number of hydrogen-bond donors (Lipinski definition) is 1. The van der Waals surface area contributed by atoms with Crippen molar-refractivity contribution in [1.29, 1.82) is 0 Å². The summed E-state index contributed by atoms with van der Waals surface area (Å²) in [4.78, 5) is 28.2. The number of benzene rings is 3. The molecule has 0 bridgehead atoms. The molecule has 0 radical (unpaired) electrons. The van der Waals surface area contributed by atoms with E-state index in [1.807, 2.05) is 20.8 Å². The zero-order valence-corrected chi connectivity index (χ0v) is 25.3. The fourth-order valence-electron chi connectivity index (χ4n) is 4.05. The lowest BCUT2D eigenvalue weighted by molar-refractivity contribution is -0.139. The first-order chi connectivity index (χ1) is 19.3. The normalized spacial score (nSPS) is 12.1. The molecule has 1 atom stereocenters. The van der Waals surface area contributed by atoms with E-state index in [0.29, 0.717) is 6.54 Å². The Balaban J connectivity index is 2.09. The Morgan fingerprint density at radius 2 is 1.68 bits per heavy atom. The number of hydrogen-bond acceptors (Lipinski definition) is 5. The number of sulfonamides is 1. The van der Waals surface area contributed by atoms with Crippen LogP contribution in [-0.2, 0) is 26.2 Å². The second-order valence-electron chi connectivity index (χ2n) is 10.1. The topological polar surface area (TPSA) is 96.0 Å². The van der Waals surface area contributed by atoms with Gasteiger partial charge in [0.1, 0.15) is 24.2 Å². The van der Waals surface area contributed by atoms with Crippen LogP contribution in [0.25, 0.3) is 0 Å². The first-order valence-corrected chi connectivity index (χ1v) is 14.9. The van der Waals surface area contributed by atoms with Crippen LogP contribution in [0.1, 0.15) is 31.9 Å². The van der Waals surface area contributed by atoms with Crippen LogP contribution in [0.5, 0.6) is 5.75 Å². The number of amides is 2. The SMILES string of the molecule is COc1ccc(Cl)cc1N(CC(=O)N(Cc1ccccc1F)C(C)C(=O)NCC(C)C)S(=O)(=O)c1ccc(C)cc1. The van der Waals surface area contributed by atoms with Crippen LogP contribution in [0.3, 0.4) is 0 Å². The highest BCUT2D eigenvalue weighted by atomic mass is 35.5. The van der Waals surface area contributed by atoms with Crippen molar-refractivity contribution in [2.24, 2.45) is 5.92 Å². The van der Waals surface area contributed by atoms with Crippen molar-refractivity contribution in [3.63, 3.8) is 0 Å². The number of anilines is 1. The van der Waals surface area contributed by atoms with E-state index in [1.165, 1.54) is 67.5 Å². The van der Waals surface area contributed by atoms with E-state index in [4.69, 9.17) is 16.3 Å². The molecule has 220 valence electrons. The molecular weight excluding hydrogens is 569 g/mol. The molecule has 0 heterocycles. The summed E-state index contributed by atoms with van der Waals surface area (Å²) in [6.45, 7) is 6.62. The third kappa shape index (κ3) is 7.98. The van der Waals surface area contributed by atoms with Crippen molar-refractivity contribution >= 4 is 39.1 Å². The van der Waals surface area contributed by atoms with Gasteiger partial charge in [-0.3, -0.25) is 13.9 Å². The summed E-state index contributed by atoms with van der Waals surface area (Å²) >= 11 is 6.24. The van der Waals surface area contributed by atoms with Gasteiger partial charge < -0.3 is 15.0 Å². The third-order valence-corrected chi connectivity index (χ3v) is 8.46. The predicted molar refractivity (Wildman–Crippen MR) is 158 cm³/mol. The van der Waals surface area contributed by atoms with E-state index >= 15 is 0 Å². The van der Waals surface area contributed by atoms with Crippen molar-refractivity contribution in [3.8, 4) is 5.75 Å². The highest BCUT2D eigenvalue weighted by Crippen LogP contribution is 2.35. The minimum absolute atomic E-state index is 0.0386. The molecule has 3 aromatic rings. The maximum absolute atomic E-state index is 14.7. The lowest BCUT2D eigenvalue weighted by atomic mass is 10.1. The Labute approximate surface area is 246 Å². The number of nitrogens with zero attached hydrogens (tertiary/aromatic N) is 2. The van der Waals surface area contributed by atoms with Crippen LogP contribution in [0.4, 0.5) is 10.1 Å². The molecule has 0 aromatic heterocycles. The Bertz CT molecular complexity index is 1480. The largest absolute Gasteiger partial charge is 0.495 e. The van der Waals surface area contributed by atoms with Gasteiger partial charge in [0.05, 0.1) is 17.7 Å². The number of carbonyl (C=O) groups is 2. The predicted octanol–water partition coefficient (Wildman–Crippen LogP) is 5.18. The van der Waals surface area contributed by atoms with Crippen molar-refractivity contribution in [2.45, 2.75) is 45.2 Å². The Kier molecular flexibility index (Phi) is 10.8. The van der Waals surface area contributed by atoms with E-state index in [0.717, 1.165) is 9.87 Å². The van der Waals surface area contributed by atoms with Gasteiger partial charge in [-0.05, 0) is 56.2 Å². The van der Waals surface area contributed by atoms with Gasteiger partial charge in [0.15, 0.2) is 0 Å². The van der Waals surface area contributed by atoms with Crippen LogP contribution < -0.4 is 14.4 Å². The summed E-state index contributed by atoms with van der Waals surface area (Å²) in [5, 5.41) is 3.02. The van der Waals surface area contributed by atoms with Crippen LogP contribution in [0, 0.1) is 18.7 Å². The van der Waals surface area contributed by atoms with Gasteiger partial charge in [0.2, 0.25) is 11.8 Å². The summed E-state index contributed by atoms with van der Waals surface area (Å²) < 4.78 is 49.0. The van der Waals surface area contributed by atoms with Gasteiger partial charge in [-0.1, -0.05) is 61.3 Å². The molecule has 0 aliphatic rings. The second-order valence-corrected chi connectivity index (χ2v) is 12.4. The minimum Gasteiger partial charge on any atom is -0.495 e. The van der Waals surface area contributed by atoms with Gasteiger partial charge in [-0.15, -0.1) is 0 Å². The molecule has 1 N–H and O–H groups in total. The average molecular weight is 604 g/mol. The highest BCUT2D eigenvalue weighted by molar-refractivity contribution is 7.92. The van der Waals surface area contributed by atoms with E-state index in [9.17, 15) is 22.4 Å². The number of rotatable bonds is 12. The molecule has 0 aliphatic carbocycles. The molecule has 0 aliphatic heterocycles. The summed E-state index contributed by atoms with van der Waals surface area (Å²) in [7, 11) is -2.95. The molecule has 8 nitrogen and oxygen atoms in total. The quantitative estimate of drug-likeness (QED) is 0.308. The van der Waals surface area contributed by atoms with Gasteiger partial charge in [-0.25, -0.2) is 12.8 Å². The van der Waals surface area contributed by atoms with Gasteiger partial charge in [0, 0.05) is 23.7 Å². The maximum Gasteiger partial charge on any atom is 0.264 e. The van der Waals surface area contributed by atoms with E-state index in [-0.39, 0.29) is 39.4 Å². The number of carbonyl (C=O) groups excluding carboxylic acids is 2. The van der Waals surface area contributed by atoms with Gasteiger partial charge in [-0.2, -0.15) is 0 Å². The smallest absolute Gasteiger partial charge is 0.264 e. The Morgan fingerprint density at radius 3 is 2.29 bits per heavy atom. The molecule has 11 heteroatoms. The molecule has 0 saturated carbocycles. The minimum atomic E-state index is -4.32. The molecule has 41 heavy (non-hydrogen) atoms. The average Bonchev–Trinajstić information content (AvgIpc) is 2.93. The van der Waals surface area contributed by atoms with Crippen molar-refractivity contribution < 1.29 is 27.1 Å². The molecule has 0 saturated heterocycles. The molecule has 0 spiro atoms. The summed E-state index contributed by atoms with van der Waals surface area (Å²) in [6, 6.07) is 15.5. The van der Waals surface area contributed by atoms with Gasteiger partial charge in [0.25, 0.3) is 10.0 Å². The number of ether oxygens (including phenoxy) is 1. The molecule has 0 fully saturated rings. The summed E-state index contributed by atoms with van der Waals surface area (Å²) in [5.74, 6) is -1.40. The Hall–Kier alpha value is -3.63.